The van der Waals surface area contributed by atoms with Gasteiger partial charge in [0.15, 0.2) is 5.75 Å². The molecule has 0 unspecified atom stereocenters. The zero-order valence-corrected chi connectivity index (χ0v) is 16.2. The molecule has 30 heavy (non-hydrogen) atoms. The van der Waals surface area contributed by atoms with E-state index in [-0.39, 0.29) is 18.3 Å². The molecule has 156 valence electrons. The maximum absolute atomic E-state index is 13.2. The summed E-state index contributed by atoms with van der Waals surface area (Å²) in [5, 5.41) is 12.4. The monoisotopic (exact) mass is 414 g/mol. The smallest absolute Gasteiger partial charge is 0.251 e. The second kappa shape index (κ2) is 9.21. The molecule has 0 fully saturated rings. The van der Waals surface area contributed by atoms with Gasteiger partial charge in [0.2, 0.25) is 5.43 Å². The number of carbonyl (C=O) groups excluding carboxylic acids is 1. The minimum absolute atomic E-state index is 0.00814. The van der Waals surface area contributed by atoms with Gasteiger partial charge in [0.05, 0.1) is 5.69 Å². The summed E-state index contributed by atoms with van der Waals surface area (Å²) in [6.07, 6.45) is 1.56. The van der Waals surface area contributed by atoms with E-state index in [9.17, 15) is 23.5 Å². The van der Waals surface area contributed by atoms with Crippen molar-refractivity contribution in [1.29, 1.82) is 0 Å². The van der Waals surface area contributed by atoms with Crippen LogP contribution in [-0.2, 0) is 13.2 Å². The van der Waals surface area contributed by atoms with Gasteiger partial charge >= 0.3 is 0 Å². The molecule has 0 aliphatic heterocycles. The predicted molar refractivity (Wildman–Crippen MR) is 107 cm³/mol. The number of aromatic hydroxyl groups is 1. The Bertz CT molecular complexity index is 1090. The summed E-state index contributed by atoms with van der Waals surface area (Å²) < 4.78 is 33.6. The first kappa shape index (κ1) is 21.0. The number of rotatable bonds is 7. The van der Waals surface area contributed by atoms with Gasteiger partial charge in [0.25, 0.3) is 5.91 Å². The average Bonchev–Trinajstić information content (AvgIpc) is 2.72. The lowest BCUT2D eigenvalue weighted by Crippen LogP contribution is -2.28. The van der Waals surface area contributed by atoms with Gasteiger partial charge in [-0.05, 0) is 48.9 Å². The molecule has 1 heterocycles. The zero-order chi connectivity index (χ0) is 21.7. The first-order valence-corrected chi connectivity index (χ1v) is 9.18. The summed E-state index contributed by atoms with van der Waals surface area (Å²) in [6, 6.07) is 10.8. The number of nitrogens with zero attached hydrogens (tertiary/aromatic N) is 1. The van der Waals surface area contributed by atoms with Gasteiger partial charge in [-0.1, -0.05) is 0 Å². The summed E-state index contributed by atoms with van der Waals surface area (Å²) in [5.74, 6) is -1.49. The average molecular weight is 414 g/mol. The molecule has 0 spiro atoms. The number of amides is 1. The second-order valence-corrected chi connectivity index (χ2v) is 6.65. The van der Waals surface area contributed by atoms with Gasteiger partial charge in [-0.3, -0.25) is 9.59 Å². The zero-order valence-electron chi connectivity index (χ0n) is 16.2. The van der Waals surface area contributed by atoms with Crippen molar-refractivity contribution in [2.45, 2.75) is 20.1 Å². The third-order valence-corrected chi connectivity index (χ3v) is 4.50. The molecule has 0 radical (unpaired) electrons. The number of aromatic nitrogens is 1. The van der Waals surface area contributed by atoms with Gasteiger partial charge in [0.1, 0.15) is 24.0 Å². The first-order valence-electron chi connectivity index (χ1n) is 9.18. The highest BCUT2D eigenvalue weighted by Gasteiger charge is 2.08. The van der Waals surface area contributed by atoms with Crippen LogP contribution in [0.25, 0.3) is 0 Å². The van der Waals surface area contributed by atoms with Crippen molar-refractivity contribution in [1.82, 2.24) is 9.88 Å². The van der Waals surface area contributed by atoms with Gasteiger partial charge in [-0.25, -0.2) is 8.78 Å². The lowest BCUT2D eigenvalue weighted by Gasteiger charge is -2.12. The van der Waals surface area contributed by atoms with E-state index in [1.807, 2.05) is 0 Å². The lowest BCUT2D eigenvalue weighted by atomic mass is 10.2. The van der Waals surface area contributed by atoms with Crippen LogP contribution in [0.1, 0.15) is 21.6 Å². The highest BCUT2D eigenvalue weighted by atomic mass is 19.1. The van der Waals surface area contributed by atoms with Crippen LogP contribution in [0, 0.1) is 18.6 Å². The molecule has 0 saturated heterocycles. The number of hydrogen-bond acceptors (Lipinski definition) is 4. The number of ether oxygens (including phenoxy) is 1. The molecule has 6 nitrogen and oxygen atoms in total. The van der Waals surface area contributed by atoms with E-state index in [0.29, 0.717) is 35.7 Å². The molecule has 3 rings (SSSR count). The normalized spacial score (nSPS) is 10.6. The molecular formula is C22H20F2N2O4. The van der Waals surface area contributed by atoms with Crippen LogP contribution in [0.2, 0.25) is 0 Å². The fourth-order valence-corrected chi connectivity index (χ4v) is 2.86. The minimum atomic E-state index is -0.673. The number of nitrogens with one attached hydrogen (secondary N) is 1. The van der Waals surface area contributed by atoms with Crippen LogP contribution in [-0.4, -0.2) is 22.1 Å². The Morgan fingerprint density at radius 2 is 1.77 bits per heavy atom. The van der Waals surface area contributed by atoms with Crippen molar-refractivity contribution < 1.29 is 23.4 Å². The van der Waals surface area contributed by atoms with Crippen LogP contribution in [0.4, 0.5) is 8.78 Å². The van der Waals surface area contributed by atoms with Gasteiger partial charge in [-0.2, -0.15) is 0 Å². The summed E-state index contributed by atoms with van der Waals surface area (Å²) >= 11 is 0. The van der Waals surface area contributed by atoms with Crippen molar-refractivity contribution in [3.05, 3.63) is 93.4 Å². The van der Waals surface area contributed by atoms with Crippen molar-refractivity contribution in [3.8, 4) is 11.5 Å². The summed E-state index contributed by atoms with van der Waals surface area (Å²) in [6.45, 7) is 2.30. The molecule has 0 saturated carbocycles. The highest BCUT2D eigenvalue weighted by molar-refractivity contribution is 5.94. The lowest BCUT2D eigenvalue weighted by molar-refractivity contribution is 0.0952. The van der Waals surface area contributed by atoms with Gasteiger partial charge in [0, 0.05) is 37.0 Å². The third kappa shape index (κ3) is 5.22. The van der Waals surface area contributed by atoms with E-state index in [1.54, 1.807) is 42.0 Å². The Balaban J connectivity index is 1.52. The van der Waals surface area contributed by atoms with E-state index in [2.05, 4.69) is 5.32 Å². The number of benzene rings is 2. The van der Waals surface area contributed by atoms with Crippen LogP contribution >= 0.6 is 0 Å². The van der Waals surface area contributed by atoms with Crippen molar-refractivity contribution in [3.63, 3.8) is 0 Å². The summed E-state index contributed by atoms with van der Waals surface area (Å²) in [7, 11) is 0. The molecule has 1 aromatic heterocycles. The fraction of sp³-hybridized carbons (Fsp3) is 0.182. The highest BCUT2D eigenvalue weighted by Crippen LogP contribution is 2.16. The van der Waals surface area contributed by atoms with Crippen LogP contribution < -0.4 is 15.5 Å². The quantitative estimate of drug-likeness (QED) is 0.623. The fourth-order valence-electron chi connectivity index (χ4n) is 2.86. The molecule has 8 heteroatoms. The molecule has 0 atom stereocenters. The number of pyridine rings is 1. The molecule has 3 aromatic rings. The number of halogens is 2. The first-order chi connectivity index (χ1) is 14.3. The minimum Gasteiger partial charge on any atom is -0.503 e. The third-order valence-electron chi connectivity index (χ3n) is 4.50. The standard InChI is InChI=1S/C22H20F2N2O4/c1-14-21(28)20(27)6-8-26(14)9-7-25-22(29)16-2-4-19(5-3-16)30-13-15-10-17(23)12-18(24)11-15/h2-6,8,10-12,28H,7,9,13H2,1H3,(H,25,29). The largest absolute Gasteiger partial charge is 0.503 e. The maximum Gasteiger partial charge on any atom is 0.251 e. The molecule has 0 aliphatic rings. The summed E-state index contributed by atoms with van der Waals surface area (Å²) in [5.41, 5.74) is 0.755. The number of hydrogen-bond donors (Lipinski definition) is 2. The Labute approximate surface area is 171 Å². The Morgan fingerprint density at radius 3 is 2.43 bits per heavy atom. The van der Waals surface area contributed by atoms with E-state index in [0.717, 1.165) is 6.07 Å². The Kier molecular flexibility index (Phi) is 6.46. The molecule has 2 N–H and O–H groups in total. The predicted octanol–water partition coefficient (Wildman–Crippen LogP) is 3.15. The molecular weight excluding hydrogens is 394 g/mol. The van der Waals surface area contributed by atoms with E-state index in [1.165, 1.54) is 18.2 Å². The van der Waals surface area contributed by atoms with Crippen LogP contribution in [0.5, 0.6) is 11.5 Å². The van der Waals surface area contributed by atoms with Crippen molar-refractivity contribution >= 4 is 5.91 Å². The van der Waals surface area contributed by atoms with E-state index >= 15 is 0 Å². The van der Waals surface area contributed by atoms with Crippen molar-refractivity contribution in [2.75, 3.05) is 6.54 Å². The SMILES string of the molecule is Cc1c(O)c(=O)ccn1CCNC(=O)c1ccc(OCc2cc(F)cc(F)c2)cc1. The Morgan fingerprint density at radius 1 is 1.10 bits per heavy atom. The van der Waals surface area contributed by atoms with Gasteiger partial charge in [-0.15, -0.1) is 0 Å². The van der Waals surface area contributed by atoms with E-state index in [4.69, 9.17) is 4.74 Å². The number of carbonyl (C=O) groups is 1. The van der Waals surface area contributed by atoms with Crippen LogP contribution in [0.15, 0.2) is 59.5 Å². The molecule has 0 aliphatic carbocycles. The Hall–Kier alpha value is -3.68. The van der Waals surface area contributed by atoms with Crippen LogP contribution in [0.3, 0.4) is 0 Å². The second-order valence-electron chi connectivity index (χ2n) is 6.65. The molecule has 2 aromatic carbocycles. The topological polar surface area (TPSA) is 80.6 Å². The maximum atomic E-state index is 13.2. The van der Waals surface area contributed by atoms with E-state index < -0.39 is 17.1 Å². The summed E-state index contributed by atoms with van der Waals surface area (Å²) in [4.78, 5) is 23.6. The van der Waals surface area contributed by atoms with Gasteiger partial charge < -0.3 is 19.7 Å². The molecule has 1 amide bonds. The molecule has 0 bridgehead atoms. The van der Waals surface area contributed by atoms with Crippen molar-refractivity contribution in [2.24, 2.45) is 0 Å².